The molecule has 2 amide bonds. The Morgan fingerprint density at radius 1 is 0.701 bits per heavy atom. The summed E-state index contributed by atoms with van der Waals surface area (Å²) >= 11 is 0. The lowest BCUT2D eigenvalue weighted by molar-refractivity contribution is -0.461. The Morgan fingerprint density at radius 3 is 1.66 bits per heavy atom. The number of amides is 2. The van der Waals surface area contributed by atoms with Gasteiger partial charge >= 0.3 is 53.7 Å². The highest BCUT2D eigenvalue weighted by atomic mass is 28.4. The molecule has 3 N–H and O–H groups in total. The average molecular weight is 1020 g/mol. The Labute approximate surface area is 370 Å². The first kappa shape index (κ1) is 58.7. The Kier molecular flexibility index (Phi) is 18.4. The molecule has 67 heavy (non-hydrogen) atoms. The maximum Gasteiger partial charge on any atom is 0.460 e. The number of carbonyl (C=O) groups excluding carboxylic acids is 2. The van der Waals surface area contributed by atoms with Crippen LogP contribution >= 0.6 is 0 Å². The smallest absolute Gasteiger partial charge is 0.460 e. The van der Waals surface area contributed by atoms with Gasteiger partial charge in [0, 0.05) is 24.0 Å². The average Bonchev–Trinajstić information content (AvgIpc) is 3.21. The minimum absolute atomic E-state index is 0.0259. The summed E-state index contributed by atoms with van der Waals surface area (Å²) in [5, 5.41) is 11.0. The number of ether oxygens (including phenoxy) is 2. The summed E-state index contributed by atoms with van der Waals surface area (Å²) in [6.45, 7) is 6.97. The number of allylic oxidation sites excluding steroid dienone is 1. The van der Waals surface area contributed by atoms with E-state index in [1.165, 1.54) is 70.4 Å². The van der Waals surface area contributed by atoms with Gasteiger partial charge in [-0.05, 0) is 60.3 Å². The molecule has 2 atom stereocenters. The third kappa shape index (κ3) is 11.9. The van der Waals surface area contributed by atoms with Crippen molar-refractivity contribution in [2.45, 2.75) is 125 Å². The zero-order valence-electron chi connectivity index (χ0n) is 35.6. The maximum absolute atomic E-state index is 15.0. The van der Waals surface area contributed by atoms with E-state index in [2.05, 4.69) is 5.32 Å². The fourth-order valence-electron chi connectivity index (χ4n) is 6.53. The third-order valence-electron chi connectivity index (χ3n) is 10.7. The Morgan fingerprint density at radius 2 is 1.19 bits per heavy atom. The number of hydroxylamine groups is 1. The molecule has 0 saturated carbocycles. The van der Waals surface area contributed by atoms with Crippen molar-refractivity contribution in [3.05, 3.63) is 71.3 Å². The minimum Gasteiger partial charge on any atom is -0.491 e. The van der Waals surface area contributed by atoms with E-state index in [-0.39, 0.29) is 23.3 Å². The summed E-state index contributed by atoms with van der Waals surface area (Å²) in [6, 6.07) is 6.21. The number of nitrogens with one attached hydrogen (secondary N) is 2. The molecule has 0 unspecified atom stereocenters. The number of anilines is 1. The SMILES string of the molecule is C/C(=C\C[C@H](C)[C@@H](OC(=O)Nc1ccc(F)cc1F)c1ccc(OCCO[Si](CCC(F)(F)C(F)(F)C(F)(F)C(F)(F)C(F)(F)C(F)(F)C(F)(F)C(F)(F)F)(C(C)C)C(C)C)cc1)C(=O)NO. The number of rotatable bonds is 23. The van der Waals surface area contributed by atoms with Gasteiger partial charge in [0.25, 0.3) is 5.91 Å². The predicted molar refractivity (Wildman–Crippen MR) is 201 cm³/mol. The molecule has 0 fully saturated rings. The van der Waals surface area contributed by atoms with E-state index in [9.17, 15) is 93.0 Å². The summed E-state index contributed by atoms with van der Waals surface area (Å²) < 4.78 is 280. The molecule has 0 aliphatic rings. The Balaban J connectivity index is 2.32. The third-order valence-corrected chi connectivity index (χ3v) is 16.4. The highest BCUT2D eigenvalue weighted by molar-refractivity contribution is 6.76. The molecule has 2 rings (SSSR count). The van der Waals surface area contributed by atoms with E-state index >= 15 is 0 Å². The number of alkyl halides is 17. The van der Waals surface area contributed by atoms with E-state index in [4.69, 9.17) is 19.1 Å². The van der Waals surface area contributed by atoms with Gasteiger partial charge in [0.05, 0.1) is 12.3 Å². The summed E-state index contributed by atoms with van der Waals surface area (Å²) in [4.78, 5) is 24.6. The van der Waals surface area contributed by atoms with Gasteiger partial charge in [-0.25, -0.2) is 19.1 Å². The van der Waals surface area contributed by atoms with Crippen molar-refractivity contribution < 1.29 is 112 Å². The Bertz CT molecular complexity index is 2020. The second kappa shape index (κ2) is 21.0. The first-order chi connectivity index (χ1) is 30.2. The van der Waals surface area contributed by atoms with Crippen LogP contribution < -0.4 is 15.5 Å². The van der Waals surface area contributed by atoms with E-state index in [0.717, 1.165) is 12.1 Å². The fourth-order valence-corrected chi connectivity index (χ4v) is 11.0. The lowest BCUT2D eigenvalue weighted by Gasteiger charge is -2.44. The number of hydrogen-bond acceptors (Lipinski definition) is 6. The van der Waals surface area contributed by atoms with Gasteiger partial charge in [-0.15, -0.1) is 0 Å². The van der Waals surface area contributed by atoms with Crippen molar-refractivity contribution in [1.82, 2.24) is 5.48 Å². The number of hydrogen-bond donors (Lipinski definition) is 3. The van der Waals surface area contributed by atoms with E-state index in [1.54, 1.807) is 6.92 Å². The van der Waals surface area contributed by atoms with Gasteiger partial charge in [0.1, 0.15) is 30.1 Å². The summed E-state index contributed by atoms with van der Waals surface area (Å²) in [6.07, 6.45) is -11.4. The molecule has 28 heteroatoms. The minimum atomic E-state index is -8.73. The lowest BCUT2D eigenvalue weighted by Crippen LogP contribution is -2.74. The molecule has 0 saturated heterocycles. The largest absolute Gasteiger partial charge is 0.491 e. The first-order valence-electron chi connectivity index (χ1n) is 19.4. The van der Waals surface area contributed by atoms with Crippen LogP contribution in [0, 0.1) is 17.6 Å². The molecule has 0 heterocycles. The standard InChI is InChI=1S/C39H43F19N2O6Si/c1-20(2)67(21(3)4,18-15-32(42,43)33(44,45)34(46,47)35(48,49)36(50,51)37(52,53)38(54,55)39(56,57)58)65-17-16-64-26-12-9-24(10-13-26)29(22(5)7-8-23(6)30(61)60-63)66-31(62)59-28-14-11-25(40)19-27(28)41/h8-14,19-22,29,63H,7,15-18H2,1-6H3,(H,59,62)(H,60,61)/b23-8+/t22-,29+/m0/s1. The summed E-state index contributed by atoms with van der Waals surface area (Å²) in [7, 11) is -4.07. The zero-order chi connectivity index (χ0) is 52.2. The van der Waals surface area contributed by atoms with Gasteiger partial charge in [-0.2, -0.15) is 74.6 Å². The normalized spacial score (nSPS) is 15.1. The molecule has 0 spiro atoms. The van der Waals surface area contributed by atoms with Crippen LogP contribution in [0.2, 0.25) is 17.1 Å². The first-order valence-corrected chi connectivity index (χ1v) is 21.6. The van der Waals surface area contributed by atoms with Crippen LogP contribution in [0.3, 0.4) is 0 Å². The van der Waals surface area contributed by atoms with Crippen LogP contribution in [0.5, 0.6) is 5.75 Å². The van der Waals surface area contributed by atoms with Crippen molar-refractivity contribution >= 4 is 26.0 Å². The summed E-state index contributed by atoms with van der Waals surface area (Å²) in [5.41, 5.74) is -0.563. The molecule has 2 aromatic carbocycles. The number of halogens is 19. The van der Waals surface area contributed by atoms with Gasteiger partial charge < -0.3 is 13.9 Å². The topological polar surface area (TPSA) is 106 Å². The van der Waals surface area contributed by atoms with Crippen LogP contribution in [0.15, 0.2) is 54.1 Å². The predicted octanol–water partition coefficient (Wildman–Crippen LogP) is 13.3. The molecule has 0 bridgehead atoms. The van der Waals surface area contributed by atoms with Gasteiger partial charge in [-0.3, -0.25) is 15.3 Å². The Hall–Kier alpha value is -4.47. The molecule has 8 nitrogen and oxygen atoms in total. The van der Waals surface area contributed by atoms with Crippen LogP contribution in [0.25, 0.3) is 0 Å². The molecular weight excluding hydrogens is 981 g/mol. The van der Waals surface area contributed by atoms with Crippen molar-refractivity contribution in [1.29, 1.82) is 0 Å². The highest BCUT2D eigenvalue weighted by Crippen LogP contribution is 2.64. The molecule has 2 aromatic rings. The number of benzene rings is 2. The van der Waals surface area contributed by atoms with Crippen LogP contribution in [0.1, 0.15) is 66.1 Å². The van der Waals surface area contributed by atoms with Crippen molar-refractivity contribution in [2.75, 3.05) is 18.5 Å². The van der Waals surface area contributed by atoms with E-state index < -0.39 is 134 Å². The second-order valence-corrected chi connectivity index (χ2v) is 20.8. The summed E-state index contributed by atoms with van der Waals surface area (Å²) in [5.74, 6) is -60.6. The van der Waals surface area contributed by atoms with Gasteiger partial charge in [0.15, 0.2) is 8.32 Å². The lowest BCUT2D eigenvalue weighted by atomic mass is 9.88. The monoisotopic (exact) mass is 1020 g/mol. The zero-order valence-corrected chi connectivity index (χ0v) is 36.6. The second-order valence-electron chi connectivity index (χ2n) is 15.8. The van der Waals surface area contributed by atoms with Gasteiger partial charge in [-0.1, -0.05) is 52.8 Å². The molecule has 0 aliphatic heterocycles. The fraction of sp³-hybridized carbons (Fsp3) is 0.590. The van der Waals surface area contributed by atoms with Crippen molar-refractivity contribution in [3.63, 3.8) is 0 Å². The van der Waals surface area contributed by atoms with Crippen LogP contribution in [-0.4, -0.2) is 86.4 Å². The van der Waals surface area contributed by atoms with Crippen LogP contribution in [-0.2, 0) is 14.0 Å². The highest BCUT2D eigenvalue weighted by Gasteiger charge is 2.95. The van der Waals surface area contributed by atoms with Gasteiger partial charge in [0.2, 0.25) is 0 Å². The molecule has 0 radical (unpaired) electrons. The molecule has 0 aliphatic carbocycles. The van der Waals surface area contributed by atoms with Crippen LogP contribution in [0.4, 0.5) is 93.9 Å². The molecule has 0 aromatic heterocycles. The van der Waals surface area contributed by atoms with Crippen molar-refractivity contribution in [2.24, 2.45) is 5.92 Å². The number of carbonyl (C=O) groups is 2. The quantitative estimate of drug-likeness (QED) is 0.0256. The van der Waals surface area contributed by atoms with Crippen molar-refractivity contribution in [3.8, 4) is 5.75 Å². The maximum atomic E-state index is 15.0. The molecule has 382 valence electrons. The molecular formula is C39H43F19N2O6Si. The van der Waals surface area contributed by atoms with E-state index in [0.29, 0.717) is 6.07 Å². The van der Waals surface area contributed by atoms with E-state index in [1.807, 2.05) is 0 Å².